The number of nitrogens with one attached hydrogen (secondary N) is 1. The quantitative estimate of drug-likeness (QED) is 0.774. The summed E-state index contributed by atoms with van der Waals surface area (Å²) in [6, 6.07) is 4.77. The second-order valence-corrected chi connectivity index (χ2v) is 6.04. The van der Waals surface area contributed by atoms with Gasteiger partial charge in [-0.2, -0.15) is 0 Å². The van der Waals surface area contributed by atoms with Crippen LogP contribution in [0.15, 0.2) is 21.2 Å². The van der Waals surface area contributed by atoms with Gasteiger partial charge in [0.15, 0.2) is 4.67 Å². The average Bonchev–Trinajstić information content (AvgIpc) is 2.64. The van der Waals surface area contributed by atoms with Crippen molar-refractivity contribution in [3.8, 4) is 0 Å². The summed E-state index contributed by atoms with van der Waals surface area (Å²) in [7, 11) is 0. The summed E-state index contributed by atoms with van der Waals surface area (Å²) in [5.74, 6) is 1.80. The second kappa shape index (κ2) is 7.22. The molecule has 1 rings (SSSR count). The molecule has 1 heterocycles. The summed E-state index contributed by atoms with van der Waals surface area (Å²) >= 11 is 3.33. The Kier molecular flexibility index (Phi) is 6.28. The van der Waals surface area contributed by atoms with Crippen molar-refractivity contribution in [2.75, 3.05) is 0 Å². The molecule has 0 radical (unpaired) electrons. The van der Waals surface area contributed by atoms with Crippen LogP contribution in [0.1, 0.15) is 58.8 Å². The third-order valence-corrected chi connectivity index (χ3v) is 3.40. The van der Waals surface area contributed by atoms with Gasteiger partial charge in [0.2, 0.25) is 0 Å². The summed E-state index contributed by atoms with van der Waals surface area (Å²) < 4.78 is 6.34. The molecule has 0 saturated carbocycles. The van der Waals surface area contributed by atoms with Gasteiger partial charge in [-0.25, -0.2) is 0 Å². The minimum atomic E-state index is 0.273. The highest BCUT2D eigenvalue weighted by Crippen LogP contribution is 2.21. The lowest BCUT2D eigenvalue weighted by Crippen LogP contribution is -2.28. The van der Waals surface area contributed by atoms with E-state index in [1.807, 2.05) is 12.1 Å². The van der Waals surface area contributed by atoms with Crippen LogP contribution in [0.4, 0.5) is 0 Å². The van der Waals surface area contributed by atoms with Crippen LogP contribution < -0.4 is 5.32 Å². The predicted molar refractivity (Wildman–Crippen MR) is 76.1 cm³/mol. The first kappa shape index (κ1) is 14.8. The Labute approximate surface area is 113 Å². The largest absolute Gasteiger partial charge is 0.453 e. The Hall–Kier alpha value is -0.280. The molecule has 98 valence electrons. The van der Waals surface area contributed by atoms with E-state index in [2.05, 4.69) is 48.9 Å². The van der Waals surface area contributed by atoms with E-state index in [4.69, 9.17) is 4.42 Å². The molecule has 0 amide bonds. The minimum Gasteiger partial charge on any atom is -0.453 e. The summed E-state index contributed by atoms with van der Waals surface area (Å²) in [6.07, 6.45) is 3.83. The van der Waals surface area contributed by atoms with Crippen molar-refractivity contribution in [1.29, 1.82) is 0 Å². The third kappa shape index (κ3) is 5.73. The fraction of sp³-hybridized carbons (Fsp3) is 0.714. The first-order valence-electron chi connectivity index (χ1n) is 6.50. The summed E-state index contributed by atoms with van der Waals surface area (Å²) in [5.41, 5.74) is 0. The molecule has 2 nitrogen and oxygen atoms in total. The molecule has 1 N–H and O–H groups in total. The van der Waals surface area contributed by atoms with Crippen LogP contribution in [0.2, 0.25) is 0 Å². The lowest BCUT2D eigenvalue weighted by molar-refractivity contribution is 0.371. The Morgan fingerprint density at radius 3 is 2.41 bits per heavy atom. The topological polar surface area (TPSA) is 25.2 Å². The predicted octanol–water partition coefficient (Wildman–Crippen LogP) is 4.91. The van der Waals surface area contributed by atoms with E-state index in [9.17, 15) is 0 Å². The lowest BCUT2D eigenvalue weighted by atomic mass is 10.0. The van der Waals surface area contributed by atoms with Gasteiger partial charge in [-0.3, -0.25) is 0 Å². The van der Waals surface area contributed by atoms with E-state index in [0.717, 1.165) is 16.3 Å². The van der Waals surface area contributed by atoms with Crippen molar-refractivity contribution in [2.24, 2.45) is 5.92 Å². The summed E-state index contributed by atoms with van der Waals surface area (Å²) in [4.78, 5) is 0. The van der Waals surface area contributed by atoms with Crippen molar-refractivity contribution in [2.45, 2.75) is 59.0 Å². The molecule has 0 bridgehead atoms. The molecule has 17 heavy (non-hydrogen) atoms. The molecule has 1 aromatic rings. The number of hydrogen-bond acceptors (Lipinski definition) is 2. The molecule has 0 aliphatic heterocycles. The minimum absolute atomic E-state index is 0.273. The van der Waals surface area contributed by atoms with Crippen LogP contribution in [-0.4, -0.2) is 6.04 Å². The number of furan rings is 1. The first-order chi connectivity index (χ1) is 7.99. The fourth-order valence-electron chi connectivity index (χ4n) is 1.99. The van der Waals surface area contributed by atoms with Gasteiger partial charge in [-0.05, 0) is 54.2 Å². The third-order valence-electron chi connectivity index (χ3n) is 2.97. The standard InChI is InChI=1S/C14H24BrNO/c1-10(2)6-5-7-11(3)16-12(4)13-8-9-14(15)17-13/h8-12,16H,5-7H2,1-4H3. The highest BCUT2D eigenvalue weighted by molar-refractivity contribution is 9.10. The zero-order valence-corrected chi connectivity index (χ0v) is 12.9. The van der Waals surface area contributed by atoms with Crippen molar-refractivity contribution in [1.82, 2.24) is 5.32 Å². The Bertz CT molecular complexity index is 322. The Morgan fingerprint density at radius 2 is 1.88 bits per heavy atom. The van der Waals surface area contributed by atoms with Crippen LogP contribution in [0.25, 0.3) is 0 Å². The van der Waals surface area contributed by atoms with E-state index >= 15 is 0 Å². The SMILES string of the molecule is CC(C)CCCC(C)NC(C)c1ccc(Br)o1. The van der Waals surface area contributed by atoms with E-state index in [-0.39, 0.29) is 6.04 Å². The molecule has 0 aliphatic carbocycles. The van der Waals surface area contributed by atoms with Gasteiger partial charge < -0.3 is 9.73 Å². The highest BCUT2D eigenvalue weighted by atomic mass is 79.9. The molecular weight excluding hydrogens is 278 g/mol. The normalized spacial score (nSPS) is 15.2. The van der Waals surface area contributed by atoms with Gasteiger partial charge in [-0.1, -0.05) is 26.7 Å². The van der Waals surface area contributed by atoms with E-state index < -0.39 is 0 Å². The molecule has 2 unspecified atom stereocenters. The van der Waals surface area contributed by atoms with Gasteiger partial charge in [0.05, 0.1) is 6.04 Å². The maximum absolute atomic E-state index is 5.54. The maximum Gasteiger partial charge on any atom is 0.169 e. The fourth-order valence-corrected chi connectivity index (χ4v) is 2.30. The number of hydrogen-bond donors (Lipinski definition) is 1. The molecule has 0 saturated heterocycles. The average molecular weight is 302 g/mol. The molecule has 3 heteroatoms. The number of rotatable bonds is 7. The van der Waals surface area contributed by atoms with E-state index in [1.54, 1.807) is 0 Å². The smallest absolute Gasteiger partial charge is 0.169 e. The molecule has 1 aromatic heterocycles. The zero-order valence-electron chi connectivity index (χ0n) is 11.3. The van der Waals surface area contributed by atoms with Gasteiger partial charge in [0, 0.05) is 6.04 Å². The van der Waals surface area contributed by atoms with E-state index in [1.165, 1.54) is 19.3 Å². The maximum atomic E-state index is 5.54. The van der Waals surface area contributed by atoms with Gasteiger partial charge in [0.1, 0.15) is 5.76 Å². The van der Waals surface area contributed by atoms with Crippen molar-refractivity contribution < 1.29 is 4.42 Å². The van der Waals surface area contributed by atoms with Crippen LogP contribution in [0.5, 0.6) is 0 Å². The Balaban J connectivity index is 2.28. The van der Waals surface area contributed by atoms with Crippen LogP contribution in [-0.2, 0) is 0 Å². The highest BCUT2D eigenvalue weighted by Gasteiger charge is 2.12. The molecular formula is C14H24BrNO. The molecule has 2 atom stereocenters. The van der Waals surface area contributed by atoms with Crippen LogP contribution in [0, 0.1) is 5.92 Å². The molecule has 0 spiro atoms. The van der Waals surface area contributed by atoms with Gasteiger partial charge in [0.25, 0.3) is 0 Å². The van der Waals surface area contributed by atoms with Crippen molar-refractivity contribution in [3.63, 3.8) is 0 Å². The molecule has 0 fully saturated rings. The molecule has 0 aliphatic rings. The van der Waals surface area contributed by atoms with Gasteiger partial charge >= 0.3 is 0 Å². The Morgan fingerprint density at radius 1 is 1.18 bits per heavy atom. The van der Waals surface area contributed by atoms with Crippen LogP contribution >= 0.6 is 15.9 Å². The summed E-state index contributed by atoms with van der Waals surface area (Å²) in [5, 5.41) is 3.57. The van der Waals surface area contributed by atoms with Gasteiger partial charge in [-0.15, -0.1) is 0 Å². The van der Waals surface area contributed by atoms with E-state index in [0.29, 0.717) is 6.04 Å². The second-order valence-electron chi connectivity index (χ2n) is 5.26. The van der Waals surface area contributed by atoms with Crippen LogP contribution in [0.3, 0.4) is 0 Å². The summed E-state index contributed by atoms with van der Waals surface area (Å²) in [6.45, 7) is 8.95. The van der Waals surface area contributed by atoms with Crippen molar-refractivity contribution in [3.05, 3.63) is 22.6 Å². The monoisotopic (exact) mass is 301 g/mol. The number of halogens is 1. The first-order valence-corrected chi connectivity index (χ1v) is 7.29. The van der Waals surface area contributed by atoms with Crippen molar-refractivity contribution >= 4 is 15.9 Å². The molecule has 0 aromatic carbocycles. The lowest BCUT2D eigenvalue weighted by Gasteiger charge is -2.18. The zero-order chi connectivity index (χ0) is 12.8.